The van der Waals surface area contributed by atoms with E-state index in [9.17, 15) is 9.18 Å². The average molecular weight is 377 g/mol. The molecule has 1 aliphatic heterocycles. The van der Waals surface area contributed by atoms with E-state index in [2.05, 4.69) is 15.6 Å². The fourth-order valence-electron chi connectivity index (χ4n) is 2.95. The zero-order valence-corrected chi connectivity index (χ0v) is 15.2. The SMILES string of the molecule is Cl.Cl.Cn1c(CCNC(=O)C2CCCNC2)nc2ccc(F)cc21. The maximum absolute atomic E-state index is 13.3. The number of nitrogens with zero attached hydrogens (tertiary/aromatic N) is 2. The fraction of sp³-hybridized carbons (Fsp3) is 0.500. The summed E-state index contributed by atoms with van der Waals surface area (Å²) < 4.78 is 15.2. The van der Waals surface area contributed by atoms with Crippen molar-refractivity contribution in [1.29, 1.82) is 0 Å². The molecule has 1 aromatic carbocycles. The van der Waals surface area contributed by atoms with Crippen LogP contribution in [0, 0.1) is 11.7 Å². The molecule has 0 radical (unpaired) electrons. The summed E-state index contributed by atoms with van der Waals surface area (Å²) in [6.07, 6.45) is 2.64. The van der Waals surface area contributed by atoms with Crippen molar-refractivity contribution in [3.63, 3.8) is 0 Å². The minimum absolute atomic E-state index is 0. The molecule has 1 amide bonds. The van der Waals surface area contributed by atoms with Gasteiger partial charge in [0.15, 0.2) is 0 Å². The summed E-state index contributed by atoms with van der Waals surface area (Å²) in [6, 6.07) is 4.58. The van der Waals surface area contributed by atoms with Gasteiger partial charge >= 0.3 is 0 Å². The molecular formula is C16H23Cl2FN4O. The Labute approximate surface area is 153 Å². The second-order valence-corrected chi connectivity index (χ2v) is 5.80. The Morgan fingerprint density at radius 2 is 2.25 bits per heavy atom. The van der Waals surface area contributed by atoms with Gasteiger partial charge in [0.1, 0.15) is 11.6 Å². The molecule has 1 atom stereocenters. The summed E-state index contributed by atoms with van der Waals surface area (Å²) in [5, 5.41) is 6.22. The van der Waals surface area contributed by atoms with Crippen LogP contribution in [-0.2, 0) is 18.3 Å². The smallest absolute Gasteiger partial charge is 0.224 e. The van der Waals surface area contributed by atoms with Gasteiger partial charge < -0.3 is 15.2 Å². The molecule has 2 N–H and O–H groups in total. The van der Waals surface area contributed by atoms with Crippen LogP contribution in [0.3, 0.4) is 0 Å². The number of hydrogen-bond acceptors (Lipinski definition) is 3. The van der Waals surface area contributed by atoms with Crippen LogP contribution >= 0.6 is 24.8 Å². The van der Waals surface area contributed by atoms with Crippen LogP contribution in [0.25, 0.3) is 11.0 Å². The number of amides is 1. The highest BCUT2D eigenvalue weighted by Crippen LogP contribution is 2.16. The van der Waals surface area contributed by atoms with Crippen molar-refractivity contribution in [2.45, 2.75) is 19.3 Å². The van der Waals surface area contributed by atoms with Crippen LogP contribution in [-0.4, -0.2) is 35.1 Å². The fourth-order valence-corrected chi connectivity index (χ4v) is 2.95. The van der Waals surface area contributed by atoms with E-state index in [4.69, 9.17) is 0 Å². The van der Waals surface area contributed by atoms with Crippen molar-refractivity contribution in [3.05, 3.63) is 29.8 Å². The summed E-state index contributed by atoms with van der Waals surface area (Å²) in [5.74, 6) is 0.767. The Bertz CT molecular complexity index is 686. The molecule has 24 heavy (non-hydrogen) atoms. The number of halogens is 3. The van der Waals surface area contributed by atoms with Gasteiger partial charge in [-0.3, -0.25) is 4.79 Å². The first-order valence-electron chi connectivity index (χ1n) is 7.74. The van der Waals surface area contributed by atoms with Gasteiger partial charge in [0.2, 0.25) is 5.91 Å². The third-order valence-corrected chi connectivity index (χ3v) is 4.25. The van der Waals surface area contributed by atoms with Crippen molar-refractivity contribution >= 4 is 41.8 Å². The van der Waals surface area contributed by atoms with E-state index in [-0.39, 0.29) is 42.5 Å². The summed E-state index contributed by atoms with van der Waals surface area (Å²) in [7, 11) is 1.87. The molecular weight excluding hydrogens is 354 g/mol. The molecule has 2 heterocycles. The molecule has 1 aliphatic rings. The van der Waals surface area contributed by atoms with E-state index in [0.717, 1.165) is 42.8 Å². The second-order valence-electron chi connectivity index (χ2n) is 5.80. The molecule has 0 aliphatic carbocycles. The molecule has 8 heteroatoms. The van der Waals surface area contributed by atoms with Gasteiger partial charge in [-0.1, -0.05) is 0 Å². The Morgan fingerprint density at radius 3 is 2.96 bits per heavy atom. The van der Waals surface area contributed by atoms with Crippen LogP contribution in [0.15, 0.2) is 18.2 Å². The summed E-state index contributed by atoms with van der Waals surface area (Å²) in [4.78, 5) is 16.6. The van der Waals surface area contributed by atoms with Crippen LogP contribution < -0.4 is 10.6 Å². The number of fused-ring (bicyclic) bond motifs is 1. The lowest BCUT2D eigenvalue weighted by Crippen LogP contribution is -2.41. The number of carbonyl (C=O) groups is 1. The lowest BCUT2D eigenvalue weighted by molar-refractivity contribution is -0.125. The van der Waals surface area contributed by atoms with Gasteiger partial charge in [-0.25, -0.2) is 9.37 Å². The van der Waals surface area contributed by atoms with Gasteiger partial charge in [-0.2, -0.15) is 0 Å². The number of aryl methyl sites for hydroxylation is 1. The average Bonchev–Trinajstić information content (AvgIpc) is 2.84. The topological polar surface area (TPSA) is 59.0 Å². The van der Waals surface area contributed by atoms with E-state index in [0.29, 0.717) is 13.0 Å². The van der Waals surface area contributed by atoms with Gasteiger partial charge in [0, 0.05) is 26.6 Å². The quantitative estimate of drug-likeness (QED) is 0.859. The van der Waals surface area contributed by atoms with E-state index < -0.39 is 0 Å². The molecule has 134 valence electrons. The highest BCUT2D eigenvalue weighted by atomic mass is 35.5. The summed E-state index contributed by atoms with van der Waals surface area (Å²) >= 11 is 0. The number of imidazole rings is 1. The molecule has 1 unspecified atom stereocenters. The molecule has 1 saturated heterocycles. The molecule has 1 fully saturated rings. The third-order valence-electron chi connectivity index (χ3n) is 4.25. The minimum atomic E-state index is -0.264. The zero-order valence-electron chi connectivity index (χ0n) is 13.5. The molecule has 0 saturated carbocycles. The van der Waals surface area contributed by atoms with Gasteiger partial charge in [-0.05, 0) is 37.6 Å². The van der Waals surface area contributed by atoms with Crippen molar-refractivity contribution in [2.75, 3.05) is 19.6 Å². The Morgan fingerprint density at radius 1 is 1.46 bits per heavy atom. The van der Waals surface area contributed by atoms with E-state index in [1.807, 2.05) is 11.6 Å². The van der Waals surface area contributed by atoms with Crippen molar-refractivity contribution in [2.24, 2.45) is 13.0 Å². The maximum Gasteiger partial charge on any atom is 0.224 e. The largest absolute Gasteiger partial charge is 0.355 e. The predicted octanol–water partition coefficient (Wildman–Crippen LogP) is 2.21. The molecule has 3 rings (SSSR count). The monoisotopic (exact) mass is 376 g/mol. The first-order chi connectivity index (χ1) is 10.6. The molecule has 0 spiro atoms. The number of benzene rings is 1. The summed E-state index contributed by atoms with van der Waals surface area (Å²) in [6.45, 7) is 2.31. The number of rotatable bonds is 4. The van der Waals surface area contributed by atoms with Gasteiger partial charge in [0.05, 0.1) is 17.0 Å². The first-order valence-corrected chi connectivity index (χ1v) is 7.74. The molecule has 5 nitrogen and oxygen atoms in total. The van der Waals surface area contributed by atoms with Crippen molar-refractivity contribution in [1.82, 2.24) is 20.2 Å². The number of piperidine rings is 1. The van der Waals surface area contributed by atoms with Crippen LogP contribution in [0.4, 0.5) is 4.39 Å². The molecule has 1 aromatic heterocycles. The standard InChI is InChI=1S/C16H21FN4O.2ClH/c1-21-14-9-12(17)4-5-13(14)20-15(21)6-8-19-16(22)11-3-2-7-18-10-11;;/h4-5,9,11,18H,2-3,6-8,10H2,1H3,(H,19,22);2*1H. The Hall–Kier alpha value is -1.37. The molecule has 2 aromatic rings. The van der Waals surface area contributed by atoms with Crippen molar-refractivity contribution < 1.29 is 9.18 Å². The van der Waals surface area contributed by atoms with Crippen LogP contribution in [0.1, 0.15) is 18.7 Å². The second kappa shape index (κ2) is 9.20. The zero-order chi connectivity index (χ0) is 15.5. The van der Waals surface area contributed by atoms with Crippen LogP contribution in [0.5, 0.6) is 0 Å². The van der Waals surface area contributed by atoms with Gasteiger partial charge in [0.25, 0.3) is 0 Å². The van der Waals surface area contributed by atoms with E-state index in [1.165, 1.54) is 12.1 Å². The lowest BCUT2D eigenvalue weighted by Gasteiger charge is -2.21. The number of carbonyl (C=O) groups excluding carboxylic acids is 1. The normalized spacial score (nSPS) is 17.0. The number of nitrogens with one attached hydrogen (secondary N) is 2. The Kier molecular flexibility index (Phi) is 7.93. The number of hydrogen-bond donors (Lipinski definition) is 2. The first kappa shape index (κ1) is 20.7. The highest BCUT2D eigenvalue weighted by Gasteiger charge is 2.20. The minimum Gasteiger partial charge on any atom is -0.355 e. The molecule has 0 bridgehead atoms. The maximum atomic E-state index is 13.3. The number of aromatic nitrogens is 2. The van der Waals surface area contributed by atoms with Gasteiger partial charge in [-0.15, -0.1) is 24.8 Å². The third kappa shape index (κ3) is 4.59. The van der Waals surface area contributed by atoms with E-state index >= 15 is 0 Å². The van der Waals surface area contributed by atoms with Crippen molar-refractivity contribution in [3.8, 4) is 0 Å². The Balaban J connectivity index is 0.00000144. The highest BCUT2D eigenvalue weighted by molar-refractivity contribution is 5.85. The lowest BCUT2D eigenvalue weighted by atomic mass is 9.99. The predicted molar refractivity (Wildman–Crippen MR) is 97.5 cm³/mol. The van der Waals surface area contributed by atoms with Crippen LogP contribution in [0.2, 0.25) is 0 Å². The summed E-state index contributed by atoms with van der Waals surface area (Å²) in [5.41, 5.74) is 1.56. The van der Waals surface area contributed by atoms with E-state index in [1.54, 1.807) is 6.07 Å².